The van der Waals surface area contributed by atoms with Gasteiger partial charge in [0.2, 0.25) is 0 Å². The summed E-state index contributed by atoms with van der Waals surface area (Å²) >= 11 is 6.16. The molecule has 0 radical (unpaired) electrons. The summed E-state index contributed by atoms with van der Waals surface area (Å²) in [6.45, 7) is 0. The molecule has 0 bridgehead atoms. The standard InChI is InChI=1S/C21H17ClO3/c1-25-20(24)21(14-6-9-16-8-3-5-11-18(16)22)17-10-4-2-7-15(17)12-13-19(21)23/h2-13H,14H2,1H3/b9-6+. The number of ketones is 1. The van der Waals surface area contributed by atoms with Gasteiger partial charge in [0.1, 0.15) is 0 Å². The first-order chi connectivity index (χ1) is 12.1. The Hall–Kier alpha value is -2.65. The molecule has 1 aliphatic carbocycles. The molecule has 25 heavy (non-hydrogen) atoms. The van der Waals surface area contributed by atoms with Crippen LogP contribution in [-0.2, 0) is 19.7 Å². The quantitative estimate of drug-likeness (QED) is 0.603. The third-order valence-electron chi connectivity index (χ3n) is 4.42. The first-order valence-corrected chi connectivity index (χ1v) is 8.29. The molecule has 0 aliphatic heterocycles. The van der Waals surface area contributed by atoms with Crippen molar-refractivity contribution in [1.29, 1.82) is 0 Å². The van der Waals surface area contributed by atoms with E-state index in [0.29, 0.717) is 10.6 Å². The summed E-state index contributed by atoms with van der Waals surface area (Å²) in [5.41, 5.74) is 0.978. The van der Waals surface area contributed by atoms with Gasteiger partial charge in [0.05, 0.1) is 7.11 Å². The monoisotopic (exact) mass is 352 g/mol. The molecule has 2 aromatic rings. The maximum atomic E-state index is 12.7. The normalized spacial score (nSPS) is 19.0. The zero-order chi connectivity index (χ0) is 17.9. The Morgan fingerprint density at radius 3 is 2.60 bits per heavy atom. The van der Waals surface area contributed by atoms with E-state index in [1.807, 2.05) is 42.5 Å². The molecule has 0 fully saturated rings. The zero-order valence-corrected chi connectivity index (χ0v) is 14.5. The van der Waals surface area contributed by atoms with E-state index in [2.05, 4.69) is 0 Å². The SMILES string of the molecule is COC(=O)C1(C/C=C/c2ccccc2Cl)C(=O)C=Cc2ccccc21. The van der Waals surface area contributed by atoms with Gasteiger partial charge in [-0.15, -0.1) is 0 Å². The average Bonchev–Trinajstić information content (AvgIpc) is 2.64. The molecule has 0 N–H and O–H groups in total. The largest absolute Gasteiger partial charge is 0.468 e. The van der Waals surface area contributed by atoms with Crippen molar-refractivity contribution in [3.8, 4) is 0 Å². The van der Waals surface area contributed by atoms with E-state index < -0.39 is 11.4 Å². The summed E-state index contributed by atoms with van der Waals surface area (Å²) in [7, 11) is 1.30. The van der Waals surface area contributed by atoms with E-state index in [-0.39, 0.29) is 12.2 Å². The predicted octanol–water partition coefficient (Wildman–Crippen LogP) is 4.45. The fraction of sp³-hybridized carbons (Fsp3) is 0.143. The van der Waals surface area contributed by atoms with Crippen LogP contribution in [0.5, 0.6) is 0 Å². The number of fused-ring (bicyclic) bond motifs is 1. The molecular weight excluding hydrogens is 336 g/mol. The van der Waals surface area contributed by atoms with Gasteiger partial charge in [0, 0.05) is 5.02 Å². The van der Waals surface area contributed by atoms with Crippen molar-refractivity contribution in [1.82, 2.24) is 0 Å². The Kier molecular flexibility index (Phi) is 4.86. The highest BCUT2D eigenvalue weighted by atomic mass is 35.5. The summed E-state index contributed by atoms with van der Waals surface area (Å²) in [4.78, 5) is 25.4. The number of carbonyl (C=O) groups is 2. The third kappa shape index (κ3) is 3.03. The van der Waals surface area contributed by atoms with Crippen LogP contribution in [0.4, 0.5) is 0 Å². The van der Waals surface area contributed by atoms with Gasteiger partial charge < -0.3 is 4.74 Å². The van der Waals surface area contributed by atoms with Crippen LogP contribution in [0.1, 0.15) is 23.1 Å². The van der Waals surface area contributed by atoms with Gasteiger partial charge >= 0.3 is 5.97 Å². The Labute approximate surface area is 151 Å². The van der Waals surface area contributed by atoms with Crippen molar-refractivity contribution < 1.29 is 14.3 Å². The molecule has 2 aromatic carbocycles. The van der Waals surface area contributed by atoms with Gasteiger partial charge in [-0.2, -0.15) is 0 Å². The van der Waals surface area contributed by atoms with Crippen molar-refractivity contribution in [3.05, 3.63) is 82.4 Å². The van der Waals surface area contributed by atoms with E-state index in [4.69, 9.17) is 16.3 Å². The second-order valence-electron chi connectivity index (χ2n) is 5.81. The van der Waals surface area contributed by atoms with Gasteiger partial charge in [-0.05, 0) is 35.3 Å². The van der Waals surface area contributed by atoms with Crippen molar-refractivity contribution in [2.75, 3.05) is 7.11 Å². The minimum absolute atomic E-state index is 0.199. The first kappa shape index (κ1) is 17.2. The lowest BCUT2D eigenvalue weighted by atomic mass is 9.69. The fourth-order valence-corrected chi connectivity index (χ4v) is 3.32. The van der Waals surface area contributed by atoms with Crippen LogP contribution in [0.25, 0.3) is 12.2 Å². The van der Waals surface area contributed by atoms with Gasteiger partial charge in [-0.3, -0.25) is 9.59 Å². The lowest BCUT2D eigenvalue weighted by Crippen LogP contribution is -2.45. The molecule has 0 aromatic heterocycles. The first-order valence-electron chi connectivity index (χ1n) is 7.91. The average molecular weight is 353 g/mol. The molecule has 0 saturated heterocycles. The van der Waals surface area contributed by atoms with Crippen molar-refractivity contribution in [2.24, 2.45) is 0 Å². The van der Waals surface area contributed by atoms with E-state index in [9.17, 15) is 9.59 Å². The second-order valence-corrected chi connectivity index (χ2v) is 6.22. The van der Waals surface area contributed by atoms with Gasteiger partial charge in [-0.25, -0.2) is 0 Å². The molecule has 4 heteroatoms. The molecular formula is C21H17ClO3. The number of methoxy groups -OCH3 is 1. The molecule has 3 nitrogen and oxygen atoms in total. The number of esters is 1. The molecule has 0 spiro atoms. The fourth-order valence-electron chi connectivity index (χ4n) is 3.12. The Bertz CT molecular complexity index is 882. The second kappa shape index (κ2) is 7.08. The lowest BCUT2D eigenvalue weighted by Gasteiger charge is -2.31. The molecule has 1 aliphatic rings. The lowest BCUT2D eigenvalue weighted by molar-refractivity contribution is -0.150. The van der Waals surface area contributed by atoms with Crippen LogP contribution in [0.2, 0.25) is 5.02 Å². The summed E-state index contributed by atoms with van der Waals surface area (Å²) < 4.78 is 4.99. The molecule has 0 amide bonds. The Balaban J connectivity index is 2.03. The summed E-state index contributed by atoms with van der Waals surface area (Å²) in [5, 5.41) is 0.612. The zero-order valence-electron chi connectivity index (χ0n) is 13.7. The number of hydrogen-bond donors (Lipinski definition) is 0. The minimum atomic E-state index is -1.36. The van der Waals surface area contributed by atoms with Crippen LogP contribution in [0.15, 0.2) is 60.7 Å². The van der Waals surface area contributed by atoms with E-state index in [0.717, 1.165) is 11.1 Å². The summed E-state index contributed by atoms with van der Waals surface area (Å²) in [6.07, 6.45) is 7.00. The molecule has 3 rings (SSSR count). The van der Waals surface area contributed by atoms with Crippen molar-refractivity contribution in [2.45, 2.75) is 11.8 Å². The Morgan fingerprint density at radius 1 is 1.12 bits per heavy atom. The van der Waals surface area contributed by atoms with Crippen LogP contribution < -0.4 is 0 Å². The van der Waals surface area contributed by atoms with E-state index in [1.165, 1.54) is 13.2 Å². The Morgan fingerprint density at radius 2 is 1.84 bits per heavy atom. The van der Waals surface area contributed by atoms with Crippen molar-refractivity contribution >= 4 is 35.5 Å². The van der Waals surface area contributed by atoms with Crippen LogP contribution >= 0.6 is 11.6 Å². The maximum Gasteiger partial charge on any atom is 0.324 e. The number of halogens is 1. The molecule has 1 unspecified atom stereocenters. The number of hydrogen-bond acceptors (Lipinski definition) is 3. The van der Waals surface area contributed by atoms with E-state index in [1.54, 1.807) is 24.3 Å². The predicted molar refractivity (Wildman–Crippen MR) is 99.3 cm³/mol. The highest BCUT2D eigenvalue weighted by molar-refractivity contribution is 6.32. The highest BCUT2D eigenvalue weighted by Crippen LogP contribution is 2.38. The van der Waals surface area contributed by atoms with Crippen molar-refractivity contribution in [3.63, 3.8) is 0 Å². The molecule has 0 saturated carbocycles. The van der Waals surface area contributed by atoms with Crippen LogP contribution in [0.3, 0.4) is 0 Å². The molecule has 0 heterocycles. The topological polar surface area (TPSA) is 43.4 Å². The number of rotatable bonds is 4. The van der Waals surface area contributed by atoms with Gasteiger partial charge in [0.25, 0.3) is 0 Å². The maximum absolute atomic E-state index is 12.7. The number of benzene rings is 2. The number of carbonyl (C=O) groups excluding carboxylic acids is 2. The van der Waals surface area contributed by atoms with Crippen LogP contribution in [0, 0.1) is 0 Å². The minimum Gasteiger partial charge on any atom is -0.468 e. The smallest absolute Gasteiger partial charge is 0.324 e. The summed E-state index contributed by atoms with van der Waals surface area (Å²) in [6, 6.07) is 14.8. The molecule has 126 valence electrons. The summed E-state index contributed by atoms with van der Waals surface area (Å²) in [5.74, 6) is -0.833. The third-order valence-corrected chi connectivity index (χ3v) is 4.76. The highest BCUT2D eigenvalue weighted by Gasteiger charge is 2.48. The van der Waals surface area contributed by atoms with E-state index >= 15 is 0 Å². The van der Waals surface area contributed by atoms with Gasteiger partial charge in [0.15, 0.2) is 11.2 Å². The molecule has 1 atom stereocenters. The van der Waals surface area contributed by atoms with Crippen LogP contribution in [-0.4, -0.2) is 18.9 Å². The number of ether oxygens (including phenoxy) is 1. The van der Waals surface area contributed by atoms with Gasteiger partial charge in [-0.1, -0.05) is 72.3 Å². The number of allylic oxidation sites excluding steroid dienone is 2.